The maximum Gasteiger partial charge on any atom is 0.348 e. The van der Waals surface area contributed by atoms with Gasteiger partial charge in [-0.25, -0.2) is 9.78 Å². The van der Waals surface area contributed by atoms with Gasteiger partial charge < -0.3 is 10.5 Å². The highest BCUT2D eigenvalue weighted by Crippen LogP contribution is 2.31. The Labute approximate surface area is 171 Å². The van der Waals surface area contributed by atoms with Crippen LogP contribution >= 0.6 is 11.6 Å². The van der Waals surface area contributed by atoms with Gasteiger partial charge in [-0.15, -0.1) is 0 Å². The number of aromatic amines is 1. The molecule has 0 atom stereocenters. The lowest BCUT2D eigenvalue weighted by Crippen LogP contribution is -2.16. The first-order valence-electron chi connectivity index (χ1n) is 9.22. The van der Waals surface area contributed by atoms with E-state index in [0.29, 0.717) is 33.2 Å². The number of ether oxygens (including phenoxy) is 1. The van der Waals surface area contributed by atoms with E-state index in [2.05, 4.69) is 15.0 Å². The van der Waals surface area contributed by atoms with Crippen LogP contribution in [0.25, 0.3) is 22.8 Å². The minimum Gasteiger partial charge on any atom is -0.493 e. The molecule has 0 bridgehead atoms. The standard InChI is InChI=1S/C21H19ClN4O3/c1-11-8-17(22)16(9-15(11)18(23)27)20-24-19(25-21(28)26-20)13-4-6-14(7-5-13)29-10-12-2-3-12/h4-9,12H,2-3,10H2,1H3,(H2,23,27)(H,24,25,26,28). The van der Waals surface area contributed by atoms with Crippen LogP contribution in [0.4, 0.5) is 0 Å². The number of amides is 1. The summed E-state index contributed by atoms with van der Waals surface area (Å²) in [6, 6.07) is 10.4. The smallest absolute Gasteiger partial charge is 0.348 e. The van der Waals surface area contributed by atoms with E-state index in [4.69, 9.17) is 22.1 Å². The van der Waals surface area contributed by atoms with Crippen molar-refractivity contribution in [2.24, 2.45) is 11.7 Å². The first-order valence-corrected chi connectivity index (χ1v) is 9.60. The van der Waals surface area contributed by atoms with Gasteiger partial charge >= 0.3 is 5.69 Å². The molecule has 148 valence electrons. The van der Waals surface area contributed by atoms with Crippen LogP contribution in [-0.2, 0) is 0 Å². The summed E-state index contributed by atoms with van der Waals surface area (Å²) >= 11 is 6.33. The van der Waals surface area contributed by atoms with Crippen LogP contribution in [0, 0.1) is 12.8 Å². The first kappa shape index (κ1) is 19.1. The minimum absolute atomic E-state index is 0.210. The van der Waals surface area contributed by atoms with Crippen molar-refractivity contribution in [1.29, 1.82) is 0 Å². The molecule has 0 aliphatic heterocycles. The number of aromatic nitrogens is 3. The number of carbonyl (C=O) groups excluding carboxylic acids is 1. The van der Waals surface area contributed by atoms with Gasteiger partial charge in [-0.3, -0.25) is 9.78 Å². The second-order valence-corrected chi connectivity index (χ2v) is 7.52. The van der Waals surface area contributed by atoms with Crippen molar-refractivity contribution in [1.82, 2.24) is 15.0 Å². The van der Waals surface area contributed by atoms with Crippen molar-refractivity contribution in [2.45, 2.75) is 19.8 Å². The van der Waals surface area contributed by atoms with E-state index >= 15 is 0 Å². The van der Waals surface area contributed by atoms with Gasteiger partial charge in [0.2, 0.25) is 5.91 Å². The number of primary amides is 1. The van der Waals surface area contributed by atoms with Crippen LogP contribution in [-0.4, -0.2) is 27.5 Å². The number of nitrogens with one attached hydrogen (secondary N) is 1. The molecule has 7 nitrogen and oxygen atoms in total. The summed E-state index contributed by atoms with van der Waals surface area (Å²) in [6.45, 7) is 2.45. The fourth-order valence-corrected chi connectivity index (χ4v) is 3.27. The van der Waals surface area contributed by atoms with Crippen LogP contribution in [0.5, 0.6) is 5.75 Å². The average molecular weight is 411 g/mol. The van der Waals surface area contributed by atoms with Crippen molar-refractivity contribution in [3.05, 3.63) is 63.0 Å². The normalized spacial score (nSPS) is 13.3. The zero-order chi connectivity index (χ0) is 20.5. The molecule has 0 spiro atoms. The van der Waals surface area contributed by atoms with Crippen molar-refractivity contribution in [3.8, 4) is 28.5 Å². The minimum atomic E-state index is -0.584. The van der Waals surface area contributed by atoms with E-state index in [0.717, 1.165) is 12.4 Å². The Morgan fingerprint density at radius 3 is 2.62 bits per heavy atom. The quantitative estimate of drug-likeness (QED) is 0.647. The molecule has 1 amide bonds. The van der Waals surface area contributed by atoms with E-state index in [9.17, 15) is 9.59 Å². The van der Waals surface area contributed by atoms with Crippen LogP contribution in [0.2, 0.25) is 5.02 Å². The third-order valence-electron chi connectivity index (χ3n) is 4.78. The maximum atomic E-state index is 12.1. The lowest BCUT2D eigenvalue weighted by atomic mass is 10.0. The SMILES string of the molecule is Cc1cc(Cl)c(-c2nc(-c3ccc(OCC4CC4)cc3)nc(=O)[nH]2)cc1C(N)=O. The van der Waals surface area contributed by atoms with Crippen molar-refractivity contribution < 1.29 is 9.53 Å². The van der Waals surface area contributed by atoms with E-state index in [-0.39, 0.29) is 11.6 Å². The molecule has 1 aliphatic rings. The molecular weight excluding hydrogens is 392 g/mol. The molecule has 0 saturated heterocycles. The molecule has 29 heavy (non-hydrogen) atoms. The highest BCUT2D eigenvalue weighted by Gasteiger charge is 2.22. The van der Waals surface area contributed by atoms with Crippen LogP contribution in [0.15, 0.2) is 41.2 Å². The van der Waals surface area contributed by atoms with Gasteiger partial charge in [0.25, 0.3) is 0 Å². The number of halogens is 1. The number of H-pyrrole nitrogens is 1. The Balaban J connectivity index is 1.68. The summed E-state index contributed by atoms with van der Waals surface area (Å²) in [7, 11) is 0. The largest absolute Gasteiger partial charge is 0.493 e. The third kappa shape index (κ3) is 4.30. The summed E-state index contributed by atoms with van der Waals surface area (Å²) in [4.78, 5) is 34.8. The number of hydrogen-bond acceptors (Lipinski definition) is 5. The Morgan fingerprint density at radius 1 is 1.24 bits per heavy atom. The number of aryl methyl sites for hydroxylation is 1. The van der Waals surface area contributed by atoms with Crippen molar-refractivity contribution >= 4 is 17.5 Å². The molecule has 0 radical (unpaired) electrons. The van der Waals surface area contributed by atoms with Crippen molar-refractivity contribution in [3.63, 3.8) is 0 Å². The maximum absolute atomic E-state index is 12.1. The zero-order valence-electron chi connectivity index (χ0n) is 15.7. The molecule has 3 N–H and O–H groups in total. The first-order chi connectivity index (χ1) is 13.9. The topological polar surface area (TPSA) is 111 Å². The van der Waals surface area contributed by atoms with Gasteiger partial charge in [-0.1, -0.05) is 11.6 Å². The molecule has 1 aromatic heterocycles. The molecular formula is C21H19ClN4O3. The summed E-state index contributed by atoms with van der Waals surface area (Å²) in [6.07, 6.45) is 2.45. The number of benzene rings is 2. The molecule has 8 heteroatoms. The molecule has 3 aromatic rings. The number of hydrogen-bond donors (Lipinski definition) is 2. The lowest BCUT2D eigenvalue weighted by Gasteiger charge is -2.10. The predicted octanol–water partition coefficient (Wildman–Crippen LogP) is 3.35. The fourth-order valence-electron chi connectivity index (χ4n) is 2.96. The Kier molecular flexibility index (Phi) is 5.07. The van der Waals surface area contributed by atoms with E-state index in [1.165, 1.54) is 18.9 Å². The highest BCUT2D eigenvalue weighted by molar-refractivity contribution is 6.33. The van der Waals surface area contributed by atoms with Gasteiger partial charge in [0.15, 0.2) is 5.82 Å². The number of nitrogens with two attached hydrogens (primary N) is 1. The van der Waals surface area contributed by atoms with Crippen LogP contribution in [0.1, 0.15) is 28.8 Å². The average Bonchev–Trinajstić information content (AvgIpc) is 3.50. The lowest BCUT2D eigenvalue weighted by molar-refractivity contribution is 0.1000. The second kappa shape index (κ2) is 7.67. The van der Waals surface area contributed by atoms with E-state index in [1.54, 1.807) is 25.1 Å². The number of nitrogens with zero attached hydrogens (tertiary/aromatic N) is 2. The molecule has 1 saturated carbocycles. The Hall–Kier alpha value is -3.19. The molecule has 1 fully saturated rings. The fraction of sp³-hybridized carbons (Fsp3) is 0.238. The van der Waals surface area contributed by atoms with Crippen LogP contribution in [0.3, 0.4) is 0 Å². The number of rotatable bonds is 6. The van der Waals surface area contributed by atoms with Gasteiger partial charge in [-0.05, 0) is 67.6 Å². The monoisotopic (exact) mass is 410 g/mol. The third-order valence-corrected chi connectivity index (χ3v) is 5.09. The zero-order valence-corrected chi connectivity index (χ0v) is 16.5. The Morgan fingerprint density at radius 2 is 1.97 bits per heavy atom. The second-order valence-electron chi connectivity index (χ2n) is 7.12. The van der Waals surface area contributed by atoms with Gasteiger partial charge in [0.1, 0.15) is 11.6 Å². The Bertz CT molecular complexity index is 1140. The van der Waals surface area contributed by atoms with E-state index < -0.39 is 11.6 Å². The molecule has 1 heterocycles. The van der Waals surface area contributed by atoms with Crippen molar-refractivity contribution in [2.75, 3.05) is 6.61 Å². The highest BCUT2D eigenvalue weighted by atomic mass is 35.5. The van der Waals surface area contributed by atoms with E-state index in [1.807, 2.05) is 12.1 Å². The predicted molar refractivity (Wildman–Crippen MR) is 110 cm³/mol. The summed E-state index contributed by atoms with van der Waals surface area (Å²) < 4.78 is 5.73. The van der Waals surface area contributed by atoms with Gasteiger partial charge in [-0.2, -0.15) is 4.98 Å². The summed E-state index contributed by atoms with van der Waals surface area (Å²) in [5.41, 5.74) is 6.86. The molecule has 2 aromatic carbocycles. The summed E-state index contributed by atoms with van der Waals surface area (Å²) in [5, 5.41) is 0.344. The molecule has 0 unspecified atom stereocenters. The van der Waals surface area contributed by atoms with Gasteiger partial charge in [0, 0.05) is 16.7 Å². The van der Waals surface area contributed by atoms with Gasteiger partial charge in [0.05, 0.1) is 11.6 Å². The summed E-state index contributed by atoms with van der Waals surface area (Å²) in [5.74, 6) is 1.30. The molecule has 1 aliphatic carbocycles. The van der Waals surface area contributed by atoms with Crippen LogP contribution < -0.4 is 16.2 Å². The number of carbonyl (C=O) groups is 1. The molecule has 4 rings (SSSR count).